The van der Waals surface area contributed by atoms with E-state index >= 15 is 0 Å². The number of aromatic nitrogens is 2. The molecule has 3 nitrogen and oxygen atoms in total. The standard InChI is InChI=1S/C20H18N2OS/c1-20(2,23)17-5-3-4-14(10-17)15-6-7-19-21-18(12-22(19)11-15)16-8-9-24-13-16/h3-13,23H,1-2H3. The Morgan fingerprint density at radius 3 is 2.62 bits per heavy atom. The molecule has 120 valence electrons. The predicted molar refractivity (Wildman–Crippen MR) is 99.2 cm³/mol. The average molecular weight is 334 g/mol. The molecule has 0 aliphatic heterocycles. The summed E-state index contributed by atoms with van der Waals surface area (Å²) in [7, 11) is 0. The SMILES string of the molecule is CC(C)(O)c1cccc(-c2ccc3nc(-c4ccsc4)cn3c2)c1. The molecule has 0 saturated carbocycles. The van der Waals surface area contributed by atoms with Gasteiger partial charge in [-0.3, -0.25) is 0 Å². The highest BCUT2D eigenvalue weighted by molar-refractivity contribution is 7.08. The van der Waals surface area contributed by atoms with Crippen LogP contribution < -0.4 is 0 Å². The molecule has 4 aromatic rings. The minimum atomic E-state index is -0.846. The molecule has 3 aromatic heterocycles. The lowest BCUT2D eigenvalue weighted by Gasteiger charge is -2.18. The van der Waals surface area contributed by atoms with Crippen molar-refractivity contribution >= 4 is 17.0 Å². The minimum absolute atomic E-state index is 0.846. The molecule has 24 heavy (non-hydrogen) atoms. The summed E-state index contributed by atoms with van der Waals surface area (Å²) in [5.41, 5.74) is 5.31. The van der Waals surface area contributed by atoms with Gasteiger partial charge in [-0.25, -0.2) is 4.98 Å². The van der Waals surface area contributed by atoms with Crippen LogP contribution in [0.1, 0.15) is 19.4 Å². The van der Waals surface area contributed by atoms with Gasteiger partial charge >= 0.3 is 0 Å². The first-order valence-electron chi connectivity index (χ1n) is 7.85. The summed E-state index contributed by atoms with van der Waals surface area (Å²) < 4.78 is 2.05. The first kappa shape index (κ1) is 15.1. The molecule has 0 aliphatic carbocycles. The Morgan fingerprint density at radius 1 is 1.00 bits per heavy atom. The number of imidazole rings is 1. The third-order valence-electron chi connectivity index (χ3n) is 4.17. The number of thiophene rings is 1. The zero-order valence-electron chi connectivity index (χ0n) is 13.6. The smallest absolute Gasteiger partial charge is 0.137 e. The number of hydrogen-bond acceptors (Lipinski definition) is 3. The fraction of sp³-hybridized carbons (Fsp3) is 0.150. The maximum atomic E-state index is 10.2. The molecular weight excluding hydrogens is 316 g/mol. The van der Waals surface area contributed by atoms with E-state index in [1.54, 1.807) is 25.2 Å². The molecule has 4 rings (SSSR count). The largest absolute Gasteiger partial charge is 0.386 e. The number of benzene rings is 1. The zero-order valence-corrected chi connectivity index (χ0v) is 14.4. The molecule has 0 radical (unpaired) electrons. The number of aliphatic hydroxyl groups is 1. The Hall–Kier alpha value is -2.43. The van der Waals surface area contributed by atoms with E-state index in [0.29, 0.717) is 0 Å². The van der Waals surface area contributed by atoms with Crippen LogP contribution in [0, 0.1) is 0 Å². The lowest BCUT2D eigenvalue weighted by atomic mass is 9.95. The van der Waals surface area contributed by atoms with Gasteiger partial charge in [-0.15, -0.1) is 0 Å². The highest BCUT2D eigenvalue weighted by Gasteiger charge is 2.16. The van der Waals surface area contributed by atoms with Crippen molar-refractivity contribution in [2.75, 3.05) is 0 Å². The van der Waals surface area contributed by atoms with E-state index < -0.39 is 5.60 Å². The monoisotopic (exact) mass is 334 g/mol. The van der Waals surface area contributed by atoms with Crippen LogP contribution in [-0.2, 0) is 5.60 Å². The van der Waals surface area contributed by atoms with E-state index in [0.717, 1.165) is 33.6 Å². The number of rotatable bonds is 3. The Labute approximate surface area is 144 Å². The molecule has 0 unspecified atom stereocenters. The van der Waals surface area contributed by atoms with Gasteiger partial charge in [0.2, 0.25) is 0 Å². The highest BCUT2D eigenvalue weighted by atomic mass is 32.1. The van der Waals surface area contributed by atoms with Crippen LogP contribution in [-0.4, -0.2) is 14.5 Å². The van der Waals surface area contributed by atoms with Crippen molar-refractivity contribution in [3.8, 4) is 22.4 Å². The molecular formula is C20H18N2OS. The van der Waals surface area contributed by atoms with Crippen molar-refractivity contribution in [1.82, 2.24) is 9.38 Å². The summed E-state index contributed by atoms with van der Waals surface area (Å²) >= 11 is 1.68. The second kappa shape index (κ2) is 5.58. The number of fused-ring (bicyclic) bond motifs is 1. The van der Waals surface area contributed by atoms with Crippen molar-refractivity contribution in [3.05, 3.63) is 71.2 Å². The van der Waals surface area contributed by atoms with Gasteiger partial charge in [-0.1, -0.05) is 18.2 Å². The first-order valence-corrected chi connectivity index (χ1v) is 8.80. The van der Waals surface area contributed by atoms with E-state index in [9.17, 15) is 5.11 Å². The molecule has 0 amide bonds. The molecule has 0 spiro atoms. The Kier molecular flexibility index (Phi) is 3.52. The number of nitrogens with zero attached hydrogens (tertiary/aromatic N) is 2. The van der Waals surface area contributed by atoms with Gasteiger partial charge in [-0.2, -0.15) is 11.3 Å². The van der Waals surface area contributed by atoms with Crippen LogP contribution in [0.2, 0.25) is 0 Å². The van der Waals surface area contributed by atoms with Gasteiger partial charge in [-0.05, 0) is 60.2 Å². The van der Waals surface area contributed by atoms with Gasteiger partial charge in [0, 0.05) is 23.3 Å². The summed E-state index contributed by atoms with van der Waals surface area (Å²) in [5, 5.41) is 14.4. The Morgan fingerprint density at radius 2 is 1.88 bits per heavy atom. The minimum Gasteiger partial charge on any atom is -0.386 e. The molecule has 0 bridgehead atoms. The van der Waals surface area contributed by atoms with E-state index in [4.69, 9.17) is 0 Å². The second-order valence-electron chi connectivity index (χ2n) is 6.46. The van der Waals surface area contributed by atoms with Crippen molar-refractivity contribution < 1.29 is 5.11 Å². The summed E-state index contributed by atoms with van der Waals surface area (Å²) in [6.45, 7) is 3.61. The molecule has 1 aromatic carbocycles. The average Bonchev–Trinajstić information content (AvgIpc) is 3.22. The fourth-order valence-electron chi connectivity index (χ4n) is 2.79. The first-order chi connectivity index (χ1) is 11.5. The van der Waals surface area contributed by atoms with Gasteiger partial charge in [0.1, 0.15) is 5.65 Å². The van der Waals surface area contributed by atoms with Gasteiger partial charge in [0.15, 0.2) is 0 Å². The van der Waals surface area contributed by atoms with E-state index in [1.165, 1.54) is 0 Å². The summed E-state index contributed by atoms with van der Waals surface area (Å²) in [4.78, 5) is 4.68. The molecule has 0 saturated heterocycles. The van der Waals surface area contributed by atoms with E-state index in [-0.39, 0.29) is 0 Å². The van der Waals surface area contributed by atoms with Crippen LogP contribution >= 0.6 is 11.3 Å². The van der Waals surface area contributed by atoms with Crippen LogP contribution in [0.25, 0.3) is 28.0 Å². The maximum Gasteiger partial charge on any atom is 0.137 e. The fourth-order valence-corrected chi connectivity index (χ4v) is 3.44. The van der Waals surface area contributed by atoms with Crippen LogP contribution in [0.3, 0.4) is 0 Å². The van der Waals surface area contributed by atoms with Crippen molar-refractivity contribution in [1.29, 1.82) is 0 Å². The Bertz CT molecular complexity index is 994. The molecule has 4 heteroatoms. The van der Waals surface area contributed by atoms with Crippen molar-refractivity contribution in [2.24, 2.45) is 0 Å². The quantitative estimate of drug-likeness (QED) is 0.575. The third-order valence-corrected chi connectivity index (χ3v) is 4.85. The third kappa shape index (κ3) is 2.75. The van der Waals surface area contributed by atoms with E-state index in [2.05, 4.69) is 50.7 Å². The van der Waals surface area contributed by atoms with E-state index in [1.807, 2.05) is 24.3 Å². The maximum absolute atomic E-state index is 10.2. The molecule has 0 aliphatic rings. The molecule has 1 N–H and O–H groups in total. The number of pyridine rings is 1. The van der Waals surface area contributed by atoms with Crippen molar-refractivity contribution in [3.63, 3.8) is 0 Å². The van der Waals surface area contributed by atoms with Crippen LogP contribution in [0.15, 0.2) is 65.6 Å². The molecule has 0 atom stereocenters. The lowest BCUT2D eigenvalue weighted by molar-refractivity contribution is 0.0786. The Balaban J connectivity index is 1.78. The predicted octanol–water partition coefficient (Wildman–Crippen LogP) is 4.96. The summed E-state index contributed by atoms with van der Waals surface area (Å²) in [5.74, 6) is 0. The second-order valence-corrected chi connectivity index (χ2v) is 7.24. The highest BCUT2D eigenvalue weighted by Crippen LogP contribution is 2.28. The summed E-state index contributed by atoms with van der Waals surface area (Å²) in [6.07, 6.45) is 4.14. The van der Waals surface area contributed by atoms with Gasteiger partial charge in [0.25, 0.3) is 0 Å². The number of hydrogen-bond donors (Lipinski definition) is 1. The lowest BCUT2D eigenvalue weighted by Crippen LogP contribution is -2.15. The van der Waals surface area contributed by atoms with Gasteiger partial charge in [0.05, 0.1) is 11.3 Å². The zero-order chi connectivity index (χ0) is 16.7. The normalized spacial score (nSPS) is 12.0. The van der Waals surface area contributed by atoms with Crippen molar-refractivity contribution in [2.45, 2.75) is 19.4 Å². The molecule has 0 fully saturated rings. The van der Waals surface area contributed by atoms with Crippen LogP contribution in [0.5, 0.6) is 0 Å². The summed E-state index contributed by atoms with van der Waals surface area (Å²) in [6, 6.07) is 14.2. The topological polar surface area (TPSA) is 37.5 Å². The van der Waals surface area contributed by atoms with Gasteiger partial charge < -0.3 is 9.51 Å². The molecule has 3 heterocycles. The van der Waals surface area contributed by atoms with Crippen LogP contribution in [0.4, 0.5) is 0 Å².